The largest absolute Gasteiger partial charge is 0.206 e. The molecule has 0 spiro atoms. The number of rotatable bonds is 11. The third-order valence-electron chi connectivity index (χ3n) is 15.9. The van der Waals surface area contributed by atoms with Crippen LogP contribution in [0.4, 0.5) is 65.9 Å². The van der Waals surface area contributed by atoms with Crippen molar-refractivity contribution >= 4 is 0 Å². The summed E-state index contributed by atoms with van der Waals surface area (Å²) in [6.07, 6.45) is 17.2. The van der Waals surface area contributed by atoms with Gasteiger partial charge in [0.15, 0.2) is 52.4 Å². The molecule has 0 saturated heterocycles. The van der Waals surface area contributed by atoms with Gasteiger partial charge in [0.25, 0.3) is 0 Å². The van der Waals surface area contributed by atoms with Crippen molar-refractivity contribution in [3.63, 3.8) is 0 Å². The van der Waals surface area contributed by atoms with Crippen LogP contribution in [0, 0.1) is 105 Å². The van der Waals surface area contributed by atoms with Gasteiger partial charge in [0.1, 0.15) is 34.9 Å². The minimum atomic E-state index is -1.66. The van der Waals surface area contributed by atoms with E-state index in [0.29, 0.717) is 70.8 Å². The van der Waals surface area contributed by atoms with Crippen LogP contribution in [0.2, 0.25) is 0 Å². The molecule has 6 aromatic rings. The first-order valence-corrected chi connectivity index (χ1v) is 26.6. The molecule has 15 heteroatoms. The molecule has 0 heterocycles. The Labute approximate surface area is 440 Å². The molecule has 3 fully saturated rings. The fourth-order valence-electron chi connectivity index (χ4n) is 11.7. The summed E-state index contributed by atoms with van der Waals surface area (Å²) in [6, 6.07) is 11.0. The number of benzene rings is 6. The zero-order valence-electron chi connectivity index (χ0n) is 43.1. The Balaban J connectivity index is 0.000000168. The molecule has 3 aliphatic rings. The highest BCUT2D eigenvalue weighted by Crippen LogP contribution is 2.43. The molecule has 0 aromatic heterocycles. The molecule has 9 rings (SSSR count). The zero-order chi connectivity index (χ0) is 55.8. The van der Waals surface area contributed by atoms with E-state index in [9.17, 15) is 65.9 Å². The molecule has 0 radical (unpaired) electrons. The van der Waals surface area contributed by atoms with Gasteiger partial charge in [-0.2, -0.15) is 0 Å². The second-order valence-electron chi connectivity index (χ2n) is 21.0. The Kier molecular flexibility index (Phi) is 20.1. The molecule has 0 nitrogen and oxygen atoms in total. The summed E-state index contributed by atoms with van der Waals surface area (Å²) in [7, 11) is 0. The number of halogens is 15. The molecule has 0 amide bonds. The van der Waals surface area contributed by atoms with Gasteiger partial charge in [-0.1, -0.05) is 52.9 Å². The lowest BCUT2D eigenvalue weighted by atomic mass is 9.77. The molecule has 414 valence electrons. The first-order valence-electron chi connectivity index (χ1n) is 26.6. The Morgan fingerprint density at radius 1 is 0.273 bits per heavy atom. The van der Waals surface area contributed by atoms with Crippen molar-refractivity contribution in [2.24, 2.45) is 17.8 Å². The van der Waals surface area contributed by atoms with Gasteiger partial charge in [0.2, 0.25) is 0 Å². The van der Waals surface area contributed by atoms with Gasteiger partial charge in [-0.25, -0.2) is 65.9 Å². The Bertz CT molecular complexity index is 2720. The highest BCUT2D eigenvalue weighted by Gasteiger charge is 2.29. The minimum Gasteiger partial charge on any atom is -0.206 e. The quantitative estimate of drug-likeness (QED) is 0.0896. The van der Waals surface area contributed by atoms with Crippen molar-refractivity contribution in [1.82, 2.24) is 0 Å². The Morgan fingerprint density at radius 2 is 0.481 bits per heavy atom. The highest BCUT2D eigenvalue weighted by atomic mass is 19.2. The molecule has 0 N–H and O–H groups in total. The average Bonchev–Trinajstić information content (AvgIpc) is 3.39. The second-order valence-corrected chi connectivity index (χ2v) is 21.0. The van der Waals surface area contributed by atoms with Crippen LogP contribution in [0.25, 0.3) is 33.4 Å². The first-order chi connectivity index (χ1) is 36.7. The van der Waals surface area contributed by atoms with E-state index >= 15 is 0 Å². The number of hydrogen-bond acceptors (Lipinski definition) is 0. The molecule has 3 aliphatic carbocycles. The molecule has 77 heavy (non-hydrogen) atoms. The summed E-state index contributed by atoms with van der Waals surface area (Å²) in [5.41, 5.74) is -0.960. The van der Waals surface area contributed by atoms with Crippen LogP contribution in [-0.4, -0.2) is 0 Å². The van der Waals surface area contributed by atoms with E-state index in [4.69, 9.17) is 0 Å². The zero-order valence-corrected chi connectivity index (χ0v) is 43.1. The van der Waals surface area contributed by atoms with Crippen molar-refractivity contribution in [1.29, 1.82) is 0 Å². The molecule has 6 aromatic carbocycles. The lowest BCUT2D eigenvalue weighted by Gasteiger charge is -2.29. The maximum Gasteiger partial charge on any atom is 0.194 e. The van der Waals surface area contributed by atoms with E-state index < -0.39 is 104 Å². The van der Waals surface area contributed by atoms with Crippen molar-refractivity contribution in [3.05, 3.63) is 177 Å². The molecule has 0 bridgehead atoms. The van der Waals surface area contributed by atoms with Crippen molar-refractivity contribution < 1.29 is 65.9 Å². The van der Waals surface area contributed by atoms with Crippen LogP contribution in [0.5, 0.6) is 0 Å². The average molecular weight is 1090 g/mol. The van der Waals surface area contributed by atoms with E-state index in [1.807, 2.05) is 0 Å². The third kappa shape index (κ3) is 14.1. The summed E-state index contributed by atoms with van der Waals surface area (Å²) in [6.45, 7) is 6.44. The van der Waals surface area contributed by atoms with E-state index in [2.05, 4.69) is 20.8 Å². The van der Waals surface area contributed by atoms with Gasteiger partial charge in [0, 0.05) is 0 Å². The van der Waals surface area contributed by atoms with E-state index in [1.54, 1.807) is 0 Å². The maximum absolute atomic E-state index is 14.5. The van der Waals surface area contributed by atoms with Crippen LogP contribution >= 0.6 is 0 Å². The van der Waals surface area contributed by atoms with Crippen LogP contribution in [0.15, 0.2) is 72.8 Å². The summed E-state index contributed by atoms with van der Waals surface area (Å²) < 4.78 is 207. The van der Waals surface area contributed by atoms with Gasteiger partial charge >= 0.3 is 0 Å². The van der Waals surface area contributed by atoms with Gasteiger partial charge in [-0.15, -0.1) is 0 Å². The van der Waals surface area contributed by atoms with Crippen LogP contribution < -0.4 is 0 Å². The van der Waals surface area contributed by atoms with Gasteiger partial charge < -0.3 is 0 Å². The fourth-order valence-corrected chi connectivity index (χ4v) is 11.7. The molecule has 0 aliphatic heterocycles. The Morgan fingerprint density at radius 3 is 0.675 bits per heavy atom. The molecule has 3 saturated carbocycles. The third-order valence-corrected chi connectivity index (χ3v) is 15.9. The van der Waals surface area contributed by atoms with E-state index in [1.165, 1.54) is 49.2 Å². The molecule has 0 atom stereocenters. The van der Waals surface area contributed by atoms with E-state index in [0.717, 1.165) is 96.3 Å². The summed E-state index contributed by atoms with van der Waals surface area (Å²) in [5.74, 6) is -16.9. The highest BCUT2D eigenvalue weighted by molar-refractivity contribution is 5.68. The van der Waals surface area contributed by atoms with Crippen LogP contribution in [0.1, 0.15) is 164 Å². The normalized spacial score (nSPS) is 20.5. The van der Waals surface area contributed by atoms with Crippen LogP contribution in [0.3, 0.4) is 0 Å². The maximum atomic E-state index is 14.5. The smallest absolute Gasteiger partial charge is 0.194 e. The summed E-state index contributed by atoms with van der Waals surface area (Å²) in [5, 5.41) is 0. The van der Waals surface area contributed by atoms with Crippen molar-refractivity contribution in [2.75, 3.05) is 0 Å². The molecule has 0 unspecified atom stereocenters. The Hall–Kier alpha value is -5.73. The lowest BCUT2D eigenvalue weighted by Crippen LogP contribution is -2.13. The monoisotopic (exact) mass is 1090 g/mol. The molecular formula is C62H61F15. The van der Waals surface area contributed by atoms with Crippen molar-refractivity contribution in [2.45, 2.75) is 148 Å². The number of hydrogen-bond donors (Lipinski definition) is 0. The van der Waals surface area contributed by atoms with Gasteiger partial charge in [0.05, 0.1) is 16.7 Å². The van der Waals surface area contributed by atoms with E-state index in [-0.39, 0.29) is 34.4 Å². The summed E-state index contributed by atoms with van der Waals surface area (Å²) in [4.78, 5) is 0. The second kappa shape index (κ2) is 26.3. The standard InChI is InChI=1S/2C21H21F5.C20H19F5/c2*1-2-3-12-4-6-13(7-5-12)14-8-16(22)20(17(23)9-14)15-10-18(24)21(26)19(25)11-15;1-2-11-3-5-12(6-4-11)13-7-15(21)19(16(22)8-13)14-9-17(23)20(25)18(24)10-14/h2*8-13H,2-7H2,1H3;7-12H,2-6H2,1H3. The van der Waals surface area contributed by atoms with Gasteiger partial charge in [-0.3, -0.25) is 0 Å². The predicted molar refractivity (Wildman–Crippen MR) is 269 cm³/mol. The first kappa shape index (κ1) is 58.9. The summed E-state index contributed by atoms with van der Waals surface area (Å²) >= 11 is 0. The topological polar surface area (TPSA) is 0 Å². The lowest BCUT2D eigenvalue weighted by molar-refractivity contribution is 0.307. The minimum absolute atomic E-state index is 0.0857. The van der Waals surface area contributed by atoms with Crippen molar-refractivity contribution in [3.8, 4) is 33.4 Å². The van der Waals surface area contributed by atoms with Crippen LogP contribution in [-0.2, 0) is 0 Å². The van der Waals surface area contributed by atoms with Gasteiger partial charge in [-0.05, 0) is 219 Å². The molecular weight excluding hydrogens is 1030 g/mol. The SMILES string of the molecule is CCC1CCC(c2cc(F)c(-c3cc(F)c(F)c(F)c3)c(F)c2)CC1.CCCC1CCC(c2cc(F)c(-c3cc(F)c(F)c(F)c3)c(F)c2)CC1.CCCC1CCC(c2cc(F)c(-c3cc(F)c(F)c(F)c3)c(F)c2)CC1. The fraction of sp³-hybridized carbons (Fsp3) is 0.419. The predicted octanol–water partition coefficient (Wildman–Crippen LogP) is 21.0.